The molecule has 0 spiro atoms. The molecule has 0 aromatic rings. The van der Waals surface area contributed by atoms with Gasteiger partial charge in [0.15, 0.2) is 0 Å². The predicted molar refractivity (Wildman–Crippen MR) is 59.6 cm³/mol. The van der Waals surface area contributed by atoms with Crippen LogP contribution in [0.25, 0.3) is 0 Å². The van der Waals surface area contributed by atoms with E-state index in [9.17, 15) is 0 Å². The Labute approximate surface area is 81.5 Å². The quantitative estimate of drug-likeness (QED) is 0.318. The van der Waals surface area contributed by atoms with Crippen LogP contribution in [0.5, 0.6) is 0 Å². The van der Waals surface area contributed by atoms with Crippen molar-refractivity contribution in [3.8, 4) is 0 Å². The van der Waals surface area contributed by atoms with Gasteiger partial charge in [-0.1, -0.05) is 0 Å². The molecule has 4 heteroatoms. The Morgan fingerprint density at radius 1 is 1.78 bits per heavy atom. The number of hydrogen-bond donors (Lipinski definition) is 1. The number of alkyl halides is 3. The second kappa shape index (κ2) is 8.12. The number of rotatable bonds is 4. The monoisotopic (exact) mass is 468 g/mol. The first-order valence-corrected chi connectivity index (χ1v) is 17.0. The van der Waals surface area contributed by atoms with E-state index in [0.717, 1.165) is 0 Å². The third kappa shape index (κ3) is 7.92. The van der Waals surface area contributed by atoms with Crippen LogP contribution in [0.4, 0.5) is 0 Å². The third-order valence-corrected chi connectivity index (χ3v) is 15.6. The summed E-state index contributed by atoms with van der Waals surface area (Å²) in [4.78, 5) is 4.81. The summed E-state index contributed by atoms with van der Waals surface area (Å²) in [7, 11) is 0. The fraction of sp³-hybridized carbons (Fsp3) is 0.800. The average molecular weight is 468 g/mol. The first kappa shape index (κ1) is 11.0. The fourth-order valence-corrected chi connectivity index (χ4v) is 10.2. The molecule has 0 saturated carbocycles. The maximum absolute atomic E-state index is 3.56. The molecule has 0 atom stereocenters. The van der Waals surface area contributed by atoms with E-state index < -0.39 is 16.1 Å². The first-order chi connectivity index (χ1) is 4.31. The second-order valence-corrected chi connectivity index (χ2v) is 21.6. The molecule has 0 unspecified atom stereocenters. The number of nitrogens with one attached hydrogen (secondary N) is 1. The van der Waals surface area contributed by atoms with Gasteiger partial charge in [-0.2, -0.15) is 0 Å². The summed E-state index contributed by atoms with van der Waals surface area (Å²) in [6.07, 6.45) is 0. The zero-order chi connectivity index (χ0) is 7.11. The summed E-state index contributed by atoms with van der Waals surface area (Å²) in [6, 6.07) is 0. The Morgan fingerprint density at radius 3 is 2.89 bits per heavy atom. The Hall–Kier alpha value is 2.02. The average Bonchev–Trinajstić information content (AvgIpc) is 1.89. The van der Waals surface area contributed by atoms with Crippen LogP contribution in [0, 0.1) is 0 Å². The van der Waals surface area contributed by atoms with Gasteiger partial charge in [-0.05, 0) is 0 Å². The van der Waals surface area contributed by atoms with Crippen molar-refractivity contribution < 1.29 is 17.2 Å². The molecule has 0 rings (SSSR count). The SMILES string of the molecule is CCI=CNI(C)[I+]C. The molecule has 1 N–H and O–H groups in total. The van der Waals surface area contributed by atoms with Gasteiger partial charge in [-0.25, -0.2) is 0 Å². The van der Waals surface area contributed by atoms with E-state index in [1.165, 1.54) is 4.43 Å². The van der Waals surface area contributed by atoms with Crippen LogP contribution < -0.4 is 20.8 Å². The Balaban J connectivity index is 3.15. The van der Waals surface area contributed by atoms with Gasteiger partial charge in [-0.15, -0.1) is 0 Å². The Morgan fingerprint density at radius 2 is 2.44 bits per heavy atom. The van der Waals surface area contributed by atoms with Crippen molar-refractivity contribution in [3.05, 3.63) is 0 Å². The van der Waals surface area contributed by atoms with E-state index >= 15 is 0 Å². The molecular formula is C5H13I3N+. The second-order valence-electron chi connectivity index (χ2n) is 1.19. The molecule has 0 aliphatic rings. The minimum absolute atomic E-state index is 0.409. The minimum atomic E-state index is -0.530. The van der Waals surface area contributed by atoms with Crippen LogP contribution in [0.3, 0.4) is 0 Å². The number of hydrogen-bond acceptors (Lipinski definition) is 1. The van der Waals surface area contributed by atoms with Crippen molar-refractivity contribution in [1.29, 1.82) is 0 Å². The van der Waals surface area contributed by atoms with Crippen LogP contribution in [0.2, 0.25) is 0 Å². The van der Waals surface area contributed by atoms with Crippen LogP contribution in [0.1, 0.15) is 6.92 Å². The molecule has 0 radical (unpaired) electrons. The van der Waals surface area contributed by atoms with E-state index in [1.54, 1.807) is 0 Å². The topological polar surface area (TPSA) is 12.0 Å². The van der Waals surface area contributed by atoms with Gasteiger partial charge in [0.2, 0.25) is 0 Å². The molecule has 0 aliphatic carbocycles. The van der Waals surface area contributed by atoms with Crippen molar-refractivity contribution >= 4 is 41.0 Å². The molecule has 1 nitrogen and oxygen atoms in total. The van der Waals surface area contributed by atoms with Crippen molar-refractivity contribution in [2.75, 3.05) is 14.3 Å². The summed E-state index contributed by atoms with van der Waals surface area (Å²) in [5, 5.41) is 0. The molecule has 0 saturated heterocycles. The van der Waals surface area contributed by atoms with Crippen molar-refractivity contribution in [2.45, 2.75) is 6.92 Å². The van der Waals surface area contributed by atoms with E-state index in [1.807, 2.05) is 0 Å². The van der Waals surface area contributed by atoms with Crippen LogP contribution >= 0.6 is 36.8 Å². The summed E-state index contributed by atoms with van der Waals surface area (Å²) in [5.41, 5.74) is 0. The zero-order valence-corrected chi connectivity index (χ0v) is 12.4. The molecule has 0 aromatic heterocycles. The predicted octanol–water partition coefficient (Wildman–Crippen LogP) is -0.989. The van der Waals surface area contributed by atoms with Crippen LogP contribution in [0.15, 0.2) is 0 Å². The van der Waals surface area contributed by atoms with Gasteiger partial charge in [0.1, 0.15) is 0 Å². The molecule has 0 bridgehead atoms. The van der Waals surface area contributed by atoms with Crippen molar-refractivity contribution in [3.63, 3.8) is 0 Å². The molecule has 9 heavy (non-hydrogen) atoms. The molecule has 0 heterocycles. The molecular weight excluding hydrogens is 455 g/mol. The van der Waals surface area contributed by atoms with Gasteiger partial charge >= 0.3 is 83.0 Å². The van der Waals surface area contributed by atoms with Crippen LogP contribution in [-0.2, 0) is 0 Å². The van der Waals surface area contributed by atoms with Crippen LogP contribution in [-0.4, -0.2) is 18.4 Å². The zero-order valence-electron chi connectivity index (χ0n) is 5.92. The Bertz CT molecular complexity index is 84.3. The summed E-state index contributed by atoms with van der Waals surface area (Å²) >= 11 is 0.437. The molecule has 0 aliphatic heterocycles. The fourth-order valence-electron chi connectivity index (χ4n) is 0.204. The third-order valence-electron chi connectivity index (χ3n) is 0.637. The normalized spacial score (nSPS) is 13.4. The van der Waals surface area contributed by atoms with Gasteiger partial charge in [0, 0.05) is 0 Å². The summed E-state index contributed by atoms with van der Waals surface area (Å²) in [5.74, 6) is 0. The van der Waals surface area contributed by atoms with E-state index in [0.29, 0.717) is 38.0 Å². The summed E-state index contributed by atoms with van der Waals surface area (Å²) < 4.78 is 7.32. The molecule has 0 fully saturated rings. The number of halogens is 3. The standard InChI is InChI=1S/C5H13I3N/c1-4-7-5-9-8(3)6-2/h5,9H,4H2,1-3H3/q+1. The molecule has 0 aromatic carbocycles. The Kier molecular flexibility index (Phi) is 9.94. The summed E-state index contributed by atoms with van der Waals surface area (Å²) in [6.45, 7) is 2.26. The van der Waals surface area contributed by atoms with E-state index in [-0.39, 0.29) is 0 Å². The molecule has 0 amide bonds. The van der Waals surface area contributed by atoms with E-state index in [2.05, 4.69) is 24.5 Å². The first-order valence-electron chi connectivity index (χ1n) is 2.57. The van der Waals surface area contributed by atoms with Gasteiger partial charge < -0.3 is 0 Å². The van der Waals surface area contributed by atoms with Gasteiger partial charge in [0.25, 0.3) is 0 Å². The van der Waals surface area contributed by atoms with Gasteiger partial charge in [-0.3, -0.25) is 0 Å². The maximum atomic E-state index is 3.56. The van der Waals surface area contributed by atoms with Crippen molar-refractivity contribution in [1.82, 2.24) is 3.53 Å². The molecule has 58 valence electrons. The van der Waals surface area contributed by atoms with E-state index in [4.69, 9.17) is 0 Å². The van der Waals surface area contributed by atoms with Crippen molar-refractivity contribution in [2.24, 2.45) is 0 Å². The van der Waals surface area contributed by atoms with Gasteiger partial charge in [0.05, 0.1) is 0 Å².